The molecule has 0 bridgehead atoms. The van der Waals surface area contributed by atoms with E-state index < -0.39 is 0 Å². The van der Waals surface area contributed by atoms with Crippen LogP contribution in [0.5, 0.6) is 0 Å². The molecular formula is C8H10N4OS2. The van der Waals surface area contributed by atoms with Crippen LogP contribution in [0.25, 0.3) is 0 Å². The molecule has 0 aliphatic carbocycles. The third kappa shape index (κ3) is 2.49. The Kier molecular flexibility index (Phi) is 3.24. The fourth-order valence-corrected chi connectivity index (χ4v) is 2.63. The highest BCUT2D eigenvalue weighted by atomic mass is 32.2. The molecule has 3 N–H and O–H groups in total. The molecule has 15 heavy (non-hydrogen) atoms. The van der Waals surface area contributed by atoms with Gasteiger partial charge in [-0.25, -0.2) is 5.84 Å². The van der Waals surface area contributed by atoms with Crippen LogP contribution in [0.15, 0.2) is 21.6 Å². The number of rotatable bonds is 4. The Morgan fingerprint density at radius 1 is 1.60 bits per heavy atom. The van der Waals surface area contributed by atoms with Gasteiger partial charge in [-0.2, -0.15) is 0 Å². The molecule has 0 radical (unpaired) electrons. The minimum atomic E-state index is 0.634. The predicted molar refractivity (Wildman–Crippen MR) is 60.7 cm³/mol. The van der Waals surface area contributed by atoms with Crippen molar-refractivity contribution in [3.8, 4) is 0 Å². The summed E-state index contributed by atoms with van der Waals surface area (Å²) in [6, 6.07) is 1.95. The van der Waals surface area contributed by atoms with Crippen molar-refractivity contribution < 1.29 is 4.42 Å². The number of furan rings is 1. The second-order valence-electron chi connectivity index (χ2n) is 2.78. The molecule has 0 amide bonds. The van der Waals surface area contributed by atoms with Crippen molar-refractivity contribution in [1.29, 1.82) is 0 Å². The summed E-state index contributed by atoms with van der Waals surface area (Å²) in [7, 11) is 0. The van der Waals surface area contributed by atoms with E-state index in [1.54, 1.807) is 18.0 Å². The van der Waals surface area contributed by atoms with Crippen LogP contribution >= 0.6 is 23.1 Å². The first-order valence-electron chi connectivity index (χ1n) is 4.25. The van der Waals surface area contributed by atoms with Crippen molar-refractivity contribution >= 4 is 28.2 Å². The summed E-state index contributed by atoms with van der Waals surface area (Å²) in [6.07, 6.45) is 1.69. The molecule has 2 aromatic rings. The van der Waals surface area contributed by atoms with Gasteiger partial charge < -0.3 is 4.42 Å². The average Bonchev–Trinajstić information content (AvgIpc) is 2.84. The van der Waals surface area contributed by atoms with Crippen LogP contribution in [-0.4, -0.2) is 10.2 Å². The molecule has 0 spiro atoms. The first-order chi connectivity index (χ1) is 7.29. The van der Waals surface area contributed by atoms with E-state index in [-0.39, 0.29) is 0 Å². The van der Waals surface area contributed by atoms with Gasteiger partial charge in [-0.1, -0.05) is 11.3 Å². The summed E-state index contributed by atoms with van der Waals surface area (Å²) in [6.45, 7) is 1.94. The fraction of sp³-hybridized carbons (Fsp3) is 0.250. The molecular weight excluding hydrogens is 232 g/mol. The van der Waals surface area contributed by atoms with Crippen molar-refractivity contribution in [3.05, 3.63) is 23.1 Å². The standard InChI is InChI=1S/C8H10N4OS2/c1-5-6(2-3-13-5)14-4-7-11-12-8(10-9)15-7/h2-3H,4,9H2,1H3,(H,10,12). The summed E-state index contributed by atoms with van der Waals surface area (Å²) in [5, 5.41) is 9.42. The molecule has 0 aliphatic rings. The zero-order valence-corrected chi connectivity index (χ0v) is 9.69. The second-order valence-corrected chi connectivity index (χ2v) is 4.85. The Bertz CT molecular complexity index is 439. The fourth-order valence-electron chi connectivity index (χ4n) is 1.03. The zero-order valence-electron chi connectivity index (χ0n) is 8.06. The van der Waals surface area contributed by atoms with Crippen LogP contribution < -0.4 is 11.3 Å². The molecule has 2 heterocycles. The molecule has 0 aliphatic heterocycles. The monoisotopic (exact) mass is 242 g/mol. The summed E-state index contributed by atoms with van der Waals surface area (Å²) >= 11 is 3.13. The number of nitrogens with two attached hydrogens (primary N) is 1. The number of nitrogen functional groups attached to an aromatic ring is 1. The molecule has 7 heteroatoms. The molecule has 0 atom stereocenters. The molecule has 0 saturated heterocycles. The minimum Gasteiger partial charge on any atom is -0.468 e. The van der Waals surface area contributed by atoms with Crippen molar-refractivity contribution in [1.82, 2.24) is 10.2 Å². The Hall–Kier alpha value is -1.05. The predicted octanol–water partition coefficient (Wildman–Crippen LogP) is 2.02. The molecule has 0 fully saturated rings. The summed E-state index contributed by atoms with van der Waals surface area (Å²) in [4.78, 5) is 1.13. The van der Waals surface area contributed by atoms with E-state index >= 15 is 0 Å². The van der Waals surface area contributed by atoms with Gasteiger partial charge in [-0.15, -0.1) is 22.0 Å². The van der Waals surface area contributed by atoms with Gasteiger partial charge in [0.05, 0.1) is 12.0 Å². The van der Waals surface area contributed by atoms with Crippen molar-refractivity contribution in [3.63, 3.8) is 0 Å². The number of thioether (sulfide) groups is 1. The quantitative estimate of drug-likeness (QED) is 0.485. The van der Waals surface area contributed by atoms with Crippen LogP contribution in [0.3, 0.4) is 0 Å². The first kappa shape index (κ1) is 10.5. The van der Waals surface area contributed by atoms with E-state index in [1.807, 2.05) is 13.0 Å². The number of nitrogens with zero attached hydrogens (tertiary/aromatic N) is 2. The van der Waals surface area contributed by atoms with Gasteiger partial charge in [0.2, 0.25) is 5.13 Å². The summed E-state index contributed by atoms with van der Waals surface area (Å²) in [5.41, 5.74) is 2.47. The number of aryl methyl sites for hydroxylation is 1. The molecule has 0 aromatic carbocycles. The molecule has 2 aromatic heterocycles. The summed E-state index contributed by atoms with van der Waals surface area (Å²) in [5.74, 6) is 6.92. The van der Waals surface area contributed by atoms with Crippen molar-refractivity contribution in [2.75, 3.05) is 5.43 Å². The van der Waals surface area contributed by atoms with Gasteiger partial charge in [0, 0.05) is 4.90 Å². The van der Waals surface area contributed by atoms with Gasteiger partial charge in [0.25, 0.3) is 0 Å². The average molecular weight is 242 g/mol. The number of hydrogen-bond donors (Lipinski definition) is 2. The van der Waals surface area contributed by atoms with Gasteiger partial charge in [-0.05, 0) is 13.0 Å². The van der Waals surface area contributed by atoms with Gasteiger partial charge in [-0.3, -0.25) is 5.43 Å². The van der Waals surface area contributed by atoms with Crippen molar-refractivity contribution in [2.45, 2.75) is 17.6 Å². The van der Waals surface area contributed by atoms with E-state index in [0.29, 0.717) is 5.13 Å². The van der Waals surface area contributed by atoms with Gasteiger partial charge in [0.15, 0.2) is 0 Å². The number of hydrazine groups is 1. The third-order valence-corrected chi connectivity index (χ3v) is 3.94. The Morgan fingerprint density at radius 3 is 3.07 bits per heavy atom. The zero-order chi connectivity index (χ0) is 10.7. The van der Waals surface area contributed by atoms with E-state index in [4.69, 9.17) is 10.3 Å². The largest absolute Gasteiger partial charge is 0.468 e. The van der Waals surface area contributed by atoms with Crippen LogP contribution in [0.1, 0.15) is 10.8 Å². The van der Waals surface area contributed by atoms with Crippen LogP contribution in [-0.2, 0) is 5.75 Å². The normalized spacial score (nSPS) is 10.5. The number of aromatic nitrogens is 2. The molecule has 0 saturated carbocycles. The SMILES string of the molecule is Cc1occc1SCc1nnc(NN)s1. The second kappa shape index (κ2) is 4.65. The highest BCUT2D eigenvalue weighted by Gasteiger charge is 2.06. The van der Waals surface area contributed by atoms with Crippen LogP contribution in [0.2, 0.25) is 0 Å². The number of anilines is 1. The molecule has 0 unspecified atom stereocenters. The van der Waals surface area contributed by atoms with E-state index in [2.05, 4.69) is 15.6 Å². The Morgan fingerprint density at radius 2 is 2.47 bits per heavy atom. The minimum absolute atomic E-state index is 0.634. The molecule has 2 rings (SSSR count). The topological polar surface area (TPSA) is 77.0 Å². The van der Waals surface area contributed by atoms with Gasteiger partial charge >= 0.3 is 0 Å². The number of nitrogens with one attached hydrogen (secondary N) is 1. The van der Waals surface area contributed by atoms with E-state index in [0.717, 1.165) is 21.4 Å². The Balaban J connectivity index is 1.96. The lowest BCUT2D eigenvalue weighted by Gasteiger charge is -1.94. The lowest BCUT2D eigenvalue weighted by Crippen LogP contribution is -2.05. The van der Waals surface area contributed by atoms with E-state index in [9.17, 15) is 0 Å². The maximum atomic E-state index is 5.21. The smallest absolute Gasteiger partial charge is 0.219 e. The van der Waals surface area contributed by atoms with Crippen molar-refractivity contribution in [2.24, 2.45) is 5.84 Å². The highest BCUT2D eigenvalue weighted by molar-refractivity contribution is 7.98. The summed E-state index contributed by atoms with van der Waals surface area (Å²) < 4.78 is 5.19. The maximum Gasteiger partial charge on any atom is 0.219 e. The van der Waals surface area contributed by atoms with Crippen LogP contribution in [0, 0.1) is 6.92 Å². The van der Waals surface area contributed by atoms with E-state index in [1.165, 1.54) is 11.3 Å². The number of hydrogen-bond acceptors (Lipinski definition) is 7. The Labute approximate surface area is 95.0 Å². The maximum absolute atomic E-state index is 5.21. The first-order valence-corrected chi connectivity index (χ1v) is 6.05. The lowest BCUT2D eigenvalue weighted by molar-refractivity contribution is 0.527. The van der Waals surface area contributed by atoms with Crippen LogP contribution in [0.4, 0.5) is 5.13 Å². The van der Waals surface area contributed by atoms with Gasteiger partial charge in [0.1, 0.15) is 10.8 Å². The highest BCUT2D eigenvalue weighted by Crippen LogP contribution is 2.28. The lowest BCUT2D eigenvalue weighted by atomic mass is 10.5. The molecule has 5 nitrogen and oxygen atoms in total. The third-order valence-electron chi connectivity index (χ3n) is 1.75. The molecule has 80 valence electrons.